The van der Waals surface area contributed by atoms with E-state index in [1.807, 2.05) is 0 Å². The fourth-order valence-electron chi connectivity index (χ4n) is 3.08. The predicted molar refractivity (Wildman–Crippen MR) is 62.2 cm³/mol. The van der Waals surface area contributed by atoms with Crippen molar-refractivity contribution in [2.45, 2.75) is 38.3 Å². The number of esters is 1. The number of hydrogen-bond donors (Lipinski definition) is 1. The van der Waals surface area contributed by atoms with Gasteiger partial charge in [0.1, 0.15) is 0 Å². The van der Waals surface area contributed by atoms with Gasteiger partial charge >= 0.3 is 5.97 Å². The van der Waals surface area contributed by atoms with Crippen LogP contribution < -0.4 is 5.32 Å². The summed E-state index contributed by atoms with van der Waals surface area (Å²) in [5.41, 5.74) is 0. The summed E-state index contributed by atoms with van der Waals surface area (Å²) >= 11 is 0. The van der Waals surface area contributed by atoms with E-state index in [9.17, 15) is 4.79 Å². The van der Waals surface area contributed by atoms with E-state index in [1.165, 1.54) is 20.0 Å². The van der Waals surface area contributed by atoms with E-state index in [1.54, 1.807) is 0 Å². The van der Waals surface area contributed by atoms with Gasteiger partial charge < -0.3 is 10.1 Å². The molecule has 16 heavy (non-hydrogen) atoms. The quantitative estimate of drug-likeness (QED) is 0.701. The summed E-state index contributed by atoms with van der Waals surface area (Å²) in [4.78, 5) is 14.3. The van der Waals surface area contributed by atoms with E-state index in [2.05, 4.69) is 17.1 Å². The number of piperidine rings is 1. The molecule has 4 heteroatoms. The third kappa shape index (κ3) is 2.23. The minimum Gasteiger partial charge on any atom is -0.469 e. The number of carbonyl (C=O) groups excluding carboxylic acids is 1. The van der Waals surface area contributed by atoms with Crippen molar-refractivity contribution in [2.75, 3.05) is 26.7 Å². The Morgan fingerprint density at radius 2 is 2.25 bits per heavy atom. The van der Waals surface area contributed by atoms with Crippen LogP contribution in [0.2, 0.25) is 0 Å². The number of hydrogen-bond acceptors (Lipinski definition) is 4. The highest BCUT2D eigenvalue weighted by molar-refractivity contribution is 5.73. The van der Waals surface area contributed by atoms with Crippen molar-refractivity contribution in [1.29, 1.82) is 0 Å². The Labute approximate surface area is 97.3 Å². The number of nitrogens with one attached hydrogen (secondary N) is 1. The van der Waals surface area contributed by atoms with E-state index in [4.69, 9.17) is 4.74 Å². The SMILES string of the molecule is COC(=O)C1CNCCC1N1CCCC1C. The number of methoxy groups -OCH3 is 1. The third-order valence-corrected chi connectivity index (χ3v) is 3.98. The fourth-order valence-corrected chi connectivity index (χ4v) is 3.08. The van der Waals surface area contributed by atoms with E-state index in [0.29, 0.717) is 12.1 Å². The van der Waals surface area contributed by atoms with Crippen LogP contribution >= 0.6 is 0 Å². The average Bonchev–Trinajstić information content (AvgIpc) is 2.74. The zero-order valence-corrected chi connectivity index (χ0v) is 10.2. The molecule has 2 rings (SSSR count). The van der Waals surface area contributed by atoms with Gasteiger partial charge in [-0.05, 0) is 39.3 Å². The molecule has 2 heterocycles. The first kappa shape index (κ1) is 11.9. The van der Waals surface area contributed by atoms with Gasteiger partial charge in [-0.15, -0.1) is 0 Å². The summed E-state index contributed by atoms with van der Waals surface area (Å²) in [7, 11) is 1.49. The Bertz CT molecular complexity index is 257. The molecule has 2 saturated heterocycles. The molecular formula is C12H22N2O2. The Kier molecular flexibility index (Phi) is 3.82. The van der Waals surface area contributed by atoms with Crippen molar-refractivity contribution in [3.05, 3.63) is 0 Å². The van der Waals surface area contributed by atoms with E-state index in [0.717, 1.165) is 26.1 Å². The first-order valence-electron chi connectivity index (χ1n) is 6.28. The van der Waals surface area contributed by atoms with Gasteiger partial charge in [0.15, 0.2) is 0 Å². The summed E-state index contributed by atoms with van der Waals surface area (Å²) < 4.78 is 4.91. The molecule has 0 aliphatic carbocycles. The minimum atomic E-state index is -0.0590. The molecular weight excluding hydrogens is 204 g/mol. The normalized spacial score (nSPS) is 36.2. The smallest absolute Gasteiger partial charge is 0.311 e. The van der Waals surface area contributed by atoms with Gasteiger partial charge in [0.25, 0.3) is 0 Å². The van der Waals surface area contributed by atoms with Crippen LogP contribution in [0.1, 0.15) is 26.2 Å². The molecule has 2 fully saturated rings. The maximum Gasteiger partial charge on any atom is 0.311 e. The second-order valence-electron chi connectivity index (χ2n) is 4.92. The molecule has 0 spiro atoms. The zero-order chi connectivity index (χ0) is 11.5. The van der Waals surface area contributed by atoms with Gasteiger partial charge in [0.05, 0.1) is 13.0 Å². The second-order valence-corrected chi connectivity index (χ2v) is 4.92. The summed E-state index contributed by atoms with van der Waals surface area (Å²) in [5, 5.41) is 3.29. The first-order valence-corrected chi connectivity index (χ1v) is 6.28. The van der Waals surface area contributed by atoms with Crippen LogP contribution in [0.25, 0.3) is 0 Å². The number of likely N-dealkylation sites (tertiary alicyclic amines) is 1. The lowest BCUT2D eigenvalue weighted by atomic mass is 9.91. The van der Waals surface area contributed by atoms with Crippen molar-refractivity contribution in [2.24, 2.45) is 5.92 Å². The molecule has 0 saturated carbocycles. The molecule has 0 aromatic carbocycles. The fraction of sp³-hybridized carbons (Fsp3) is 0.917. The average molecular weight is 226 g/mol. The molecule has 3 unspecified atom stereocenters. The first-order chi connectivity index (χ1) is 7.74. The summed E-state index contributed by atoms with van der Waals surface area (Å²) in [6.07, 6.45) is 3.58. The molecule has 0 aromatic rings. The highest BCUT2D eigenvalue weighted by atomic mass is 16.5. The highest BCUT2D eigenvalue weighted by Crippen LogP contribution is 2.27. The number of nitrogens with zero attached hydrogens (tertiary/aromatic N) is 1. The van der Waals surface area contributed by atoms with Gasteiger partial charge in [-0.3, -0.25) is 9.69 Å². The second kappa shape index (κ2) is 5.15. The Morgan fingerprint density at radius 1 is 1.44 bits per heavy atom. The van der Waals surface area contributed by atoms with Gasteiger partial charge in [-0.2, -0.15) is 0 Å². The number of rotatable bonds is 2. The van der Waals surface area contributed by atoms with Gasteiger partial charge in [0.2, 0.25) is 0 Å². The van der Waals surface area contributed by atoms with E-state index in [-0.39, 0.29) is 11.9 Å². The van der Waals surface area contributed by atoms with Crippen LogP contribution in [0.4, 0.5) is 0 Å². The molecule has 0 radical (unpaired) electrons. The summed E-state index contributed by atoms with van der Waals surface area (Å²) in [5.74, 6) is -0.0457. The molecule has 2 aliphatic heterocycles. The van der Waals surface area contributed by atoms with Crippen molar-refractivity contribution in [3.8, 4) is 0 Å². The molecule has 2 aliphatic rings. The van der Waals surface area contributed by atoms with Gasteiger partial charge in [-0.1, -0.05) is 0 Å². The molecule has 0 aromatic heterocycles. The van der Waals surface area contributed by atoms with Crippen LogP contribution in [0, 0.1) is 5.92 Å². The molecule has 3 atom stereocenters. The van der Waals surface area contributed by atoms with Crippen LogP contribution in [0.3, 0.4) is 0 Å². The maximum absolute atomic E-state index is 11.8. The van der Waals surface area contributed by atoms with Crippen LogP contribution in [-0.2, 0) is 9.53 Å². The largest absolute Gasteiger partial charge is 0.469 e. The molecule has 1 N–H and O–H groups in total. The molecule has 0 amide bonds. The van der Waals surface area contributed by atoms with Gasteiger partial charge in [0, 0.05) is 18.6 Å². The highest BCUT2D eigenvalue weighted by Gasteiger charge is 2.38. The van der Waals surface area contributed by atoms with E-state index < -0.39 is 0 Å². The molecule has 4 nitrogen and oxygen atoms in total. The lowest BCUT2D eigenvalue weighted by Crippen LogP contribution is -2.53. The summed E-state index contributed by atoms with van der Waals surface area (Å²) in [6.45, 7) is 5.19. The van der Waals surface area contributed by atoms with Crippen LogP contribution in [-0.4, -0.2) is 49.7 Å². The van der Waals surface area contributed by atoms with Gasteiger partial charge in [-0.25, -0.2) is 0 Å². The van der Waals surface area contributed by atoms with Crippen molar-refractivity contribution in [1.82, 2.24) is 10.2 Å². The van der Waals surface area contributed by atoms with Crippen molar-refractivity contribution in [3.63, 3.8) is 0 Å². The predicted octanol–water partition coefficient (Wildman–Crippen LogP) is 0.622. The Morgan fingerprint density at radius 3 is 2.88 bits per heavy atom. The molecule has 0 bridgehead atoms. The maximum atomic E-state index is 11.8. The van der Waals surface area contributed by atoms with E-state index >= 15 is 0 Å². The van der Waals surface area contributed by atoms with Crippen molar-refractivity contribution >= 4 is 5.97 Å². The Hall–Kier alpha value is -0.610. The Balaban J connectivity index is 2.06. The lowest BCUT2D eigenvalue weighted by molar-refractivity contribution is -0.148. The number of ether oxygens (including phenoxy) is 1. The standard InChI is InChI=1S/C12H22N2O2/c1-9-4-3-7-14(9)11-5-6-13-8-10(11)12(15)16-2/h9-11,13H,3-8H2,1-2H3. The molecule has 92 valence electrons. The number of carbonyl (C=O) groups is 1. The lowest BCUT2D eigenvalue weighted by Gasteiger charge is -2.39. The third-order valence-electron chi connectivity index (χ3n) is 3.98. The minimum absolute atomic E-state index is 0.0132. The van der Waals surface area contributed by atoms with Crippen LogP contribution in [0.15, 0.2) is 0 Å². The van der Waals surface area contributed by atoms with Crippen molar-refractivity contribution < 1.29 is 9.53 Å². The zero-order valence-electron chi connectivity index (χ0n) is 10.2. The topological polar surface area (TPSA) is 41.6 Å². The monoisotopic (exact) mass is 226 g/mol. The van der Waals surface area contributed by atoms with Crippen LogP contribution in [0.5, 0.6) is 0 Å². The summed E-state index contributed by atoms with van der Waals surface area (Å²) in [6, 6.07) is 1.00.